The lowest BCUT2D eigenvalue weighted by Gasteiger charge is -2.11. The van der Waals surface area contributed by atoms with Crippen LogP contribution in [0.5, 0.6) is 0 Å². The first-order chi connectivity index (χ1) is 8.20. The van der Waals surface area contributed by atoms with Gasteiger partial charge in [-0.3, -0.25) is 0 Å². The maximum absolute atomic E-state index is 6.21. The first-order valence-corrected chi connectivity index (χ1v) is 6.44. The summed E-state index contributed by atoms with van der Waals surface area (Å²) in [4.78, 5) is 0. The van der Waals surface area contributed by atoms with Crippen molar-refractivity contribution in [3.8, 4) is 0 Å². The zero-order valence-corrected chi connectivity index (χ0v) is 10.8. The van der Waals surface area contributed by atoms with E-state index in [4.69, 9.17) is 16.0 Å². The molecule has 1 aromatic heterocycles. The first-order valence-electron chi connectivity index (χ1n) is 6.06. The van der Waals surface area contributed by atoms with Crippen LogP contribution in [-0.4, -0.2) is 7.05 Å². The maximum atomic E-state index is 6.21. The minimum atomic E-state index is 0.331. The second kappa shape index (κ2) is 4.04. The van der Waals surface area contributed by atoms with E-state index >= 15 is 0 Å². The highest BCUT2D eigenvalue weighted by atomic mass is 35.5. The van der Waals surface area contributed by atoms with E-state index in [0.717, 1.165) is 33.2 Å². The predicted octanol–water partition coefficient (Wildman–Crippen LogP) is 4.07. The third-order valence-electron chi connectivity index (χ3n) is 3.56. The fourth-order valence-corrected chi connectivity index (χ4v) is 2.64. The van der Waals surface area contributed by atoms with Crippen LogP contribution in [0.2, 0.25) is 5.02 Å². The molecule has 17 heavy (non-hydrogen) atoms. The molecule has 0 amide bonds. The summed E-state index contributed by atoms with van der Waals surface area (Å²) in [5, 5.41) is 5.14. The van der Waals surface area contributed by atoms with E-state index in [0.29, 0.717) is 6.04 Å². The number of fused-ring (bicyclic) bond motifs is 1. The van der Waals surface area contributed by atoms with E-state index in [2.05, 4.69) is 18.3 Å². The molecule has 1 aliphatic rings. The Morgan fingerprint density at radius 3 is 2.76 bits per heavy atom. The standard InChI is InChI=1S/C14H16ClNO/c1-8-3-6-11(15)10-7-12(17-14(8)10)13(16-2)9-4-5-9/h3,6-7,9,13,16H,4-5H2,1-2H3. The third kappa shape index (κ3) is 1.85. The molecule has 90 valence electrons. The van der Waals surface area contributed by atoms with Crippen LogP contribution in [-0.2, 0) is 0 Å². The van der Waals surface area contributed by atoms with Crippen LogP contribution in [0.25, 0.3) is 11.0 Å². The van der Waals surface area contributed by atoms with Gasteiger partial charge in [0.2, 0.25) is 0 Å². The molecule has 3 rings (SSSR count). The number of nitrogens with one attached hydrogen (secondary N) is 1. The minimum Gasteiger partial charge on any atom is -0.459 e. The molecule has 1 unspecified atom stereocenters. The Bertz CT molecular complexity index is 518. The van der Waals surface area contributed by atoms with Crippen molar-refractivity contribution in [2.75, 3.05) is 7.05 Å². The van der Waals surface area contributed by atoms with Crippen molar-refractivity contribution in [2.24, 2.45) is 5.92 Å². The van der Waals surface area contributed by atoms with Gasteiger partial charge < -0.3 is 9.73 Å². The molecule has 1 N–H and O–H groups in total. The Morgan fingerprint density at radius 2 is 2.18 bits per heavy atom. The Labute approximate surface area is 106 Å². The summed E-state index contributed by atoms with van der Waals surface area (Å²) in [7, 11) is 1.99. The molecule has 0 aliphatic heterocycles. The third-order valence-corrected chi connectivity index (χ3v) is 3.89. The SMILES string of the molecule is CNC(c1cc2c(Cl)ccc(C)c2o1)C1CC1. The van der Waals surface area contributed by atoms with E-state index in [-0.39, 0.29) is 0 Å². The second-order valence-corrected chi connectivity index (χ2v) is 5.27. The summed E-state index contributed by atoms with van der Waals surface area (Å²) < 4.78 is 5.99. The Hall–Kier alpha value is -0.990. The highest BCUT2D eigenvalue weighted by Crippen LogP contribution is 2.43. The minimum absolute atomic E-state index is 0.331. The molecule has 3 heteroatoms. The predicted molar refractivity (Wildman–Crippen MR) is 70.5 cm³/mol. The number of benzene rings is 1. The van der Waals surface area contributed by atoms with Gasteiger partial charge in [-0.15, -0.1) is 0 Å². The van der Waals surface area contributed by atoms with E-state index < -0.39 is 0 Å². The zero-order chi connectivity index (χ0) is 12.0. The summed E-state index contributed by atoms with van der Waals surface area (Å²) in [5.74, 6) is 1.74. The van der Waals surface area contributed by atoms with Crippen LogP contribution >= 0.6 is 11.6 Å². The Morgan fingerprint density at radius 1 is 1.41 bits per heavy atom. The highest BCUT2D eigenvalue weighted by Gasteiger charge is 2.33. The van der Waals surface area contributed by atoms with Gasteiger partial charge >= 0.3 is 0 Å². The molecule has 2 aromatic rings. The monoisotopic (exact) mass is 249 g/mol. The van der Waals surface area contributed by atoms with Gasteiger partial charge in [0.1, 0.15) is 11.3 Å². The maximum Gasteiger partial charge on any atom is 0.138 e. The van der Waals surface area contributed by atoms with Gasteiger partial charge in [-0.05, 0) is 50.4 Å². The lowest BCUT2D eigenvalue weighted by Crippen LogP contribution is -2.17. The summed E-state index contributed by atoms with van der Waals surface area (Å²) in [6, 6.07) is 6.36. The molecule has 2 nitrogen and oxygen atoms in total. The smallest absolute Gasteiger partial charge is 0.138 e. The fraction of sp³-hybridized carbons (Fsp3) is 0.429. The molecular weight excluding hydrogens is 234 g/mol. The van der Waals surface area contributed by atoms with E-state index in [1.54, 1.807) is 0 Å². The van der Waals surface area contributed by atoms with Gasteiger partial charge in [0.15, 0.2) is 0 Å². The van der Waals surface area contributed by atoms with Crippen molar-refractivity contribution < 1.29 is 4.42 Å². The van der Waals surface area contributed by atoms with Gasteiger partial charge in [-0.25, -0.2) is 0 Å². The molecule has 0 spiro atoms. The number of halogens is 1. The largest absolute Gasteiger partial charge is 0.459 e. The average molecular weight is 250 g/mol. The lowest BCUT2D eigenvalue weighted by atomic mass is 10.1. The molecule has 1 aliphatic carbocycles. The van der Waals surface area contributed by atoms with Crippen LogP contribution in [0, 0.1) is 12.8 Å². The van der Waals surface area contributed by atoms with Gasteiger partial charge in [-0.2, -0.15) is 0 Å². The molecule has 1 atom stereocenters. The highest BCUT2D eigenvalue weighted by molar-refractivity contribution is 6.35. The molecule has 1 heterocycles. The van der Waals surface area contributed by atoms with Gasteiger partial charge in [0, 0.05) is 5.39 Å². The molecule has 0 saturated heterocycles. The molecule has 0 radical (unpaired) electrons. The summed E-state index contributed by atoms with van der Waals surface area (Å²) in [5.41, 5.74) is 2.06. The number of furan rings is 1. The van der Waals surface area contributed by atoms with Crippen LogP contribution in [0.4, 0.5) is 0 Å². The number of aryl methyl sites for hydroxylation is 1. The molecule has 1 aromatic carbocycles. The van der Waals surface area contributed by atoms with Crippen molar-refractivity contribution in [2.45, 2.75) is 25.8 Å². The Kier molecular flexibility index (Phi) is 2.64. The van der Waals surface area contributed by atoms with Crippen LogP contribution in [0.3, 0.4) is 0 Å². The van der Waals surface area contributed by atoms with E-state index in [9.17, 15) is 0 Å². The zero-order valence-electron chi connectivity index (χ0n) is 10.1. The van der Waals surface area contributed by atoms with Crippen molar-refractivity contribution >= 4 is 22.6 Å². The average Bonchev–Trinajstić information content (AvgIpc) is 3.03. The van der Waals surface area contributed by atoms with Crippen LogP contribution < -0.4 is 5.32 Å². The summed E-state index contributed by atoms with van der Waals surface area (Å²) in [6.45, 7) is 2.05. The number of hydrogen-bond donors (Lipinski definition) is 1. The molecule has 0 bridgehead atoms. The van der Waals surface area contributed by atoms with Gasteiger partial charge in [0.25, 0.3) is 0 Å². The first kappa shape index (κ1) is 11.1. The second-order valence-electron chi connectivity index (χ2n) is 4.86. The van der Waals surface area contributed by atoms with Gasteiger partial charge in [0.05, 0.1) is 11.1 Å². The van der Waals surface area contributed by atoms with Crippen LogP contribution in [0.1, 0.15) is 30.2 Å². The molecular formula is C14H16ClNO. The van der Waals surface area contributed by atoms with E-state index in [1.807, 2.05) is 19.2 Å². The lowest BCUT2D eigenvalue weighted by molar-refractivity contribution is 0.419. The quantitative estimate of drug-likeness (QED) is 0.887. The van der Waals surface area contributed by atoms with Crippen molar-refractivity contribution in [1.29, 1.82) is 0 Å². The van der Waals surface area contributed by atoms with E-state index in [1.165, 1.54) is 12.8 Å². The summed E-state index contributed by atoms with van der Waals surface area (Å²) in [6.07, 6.45) is 2.57. The molecule has 1 fully saturated rings. The topological polar surface area (TPSA) is 25.2 Å². The normalized spacial score (nSPS) is 17.6. The Balaban J connectivity index is 2.12. The van der Waals surface area contributed by atoms with Crippen molar-refractivity contribution in [3.05, 3.63) is 34.5 Å². The summed E-state index contributed by atoms with van der Waals surface area (Å²) >= 11 is 6.21. The fourth-order valence-electron chi connectivity index (χ4n) is 2.44. The number of hydrogen-bond acceptors (Lipinski definition) is 2. The van der Waals surface area contributed by atoms with Crippen molar-refractivity contribution in [3.63, 3.8) is 0 Å². The van der Waals surface area contributed by atoms with Gasteiger partial charge in [-0.1, -0.05) is 17.7 Å². The molecule has 1 saturated carbocycles. The number of rotatable bonds is 3. The van der Waals surface area contributed by atoms with Crippen molar-refractivity contribution in [1.82, 2.24) is 5.32 Å². The van der Waals surface area contributed by atoms with Crippen LogP contribution in [0.15, 0.2) is 22.6 Å².